The van der Waals surface area contributed by atoms with Crippen molar-refractivity contribution in [2.75, 3.05) is 5.73 Å². The molecule has 0 fully saturated rings. The van der Waals surface area contributed by atoms with E-state index >= 15 is 0 Å². The predicted molar refractivity (Wildman–Crippen MR) is 69.5 cm³/mol. The van der Waals surface area contributed by atoms with Crippen molar-refractivity contribution in [3.8, 4) is 10.9 Å². The highest BCUT2D eigenvalue weighted by atomic mass is 32.1. The molecule has 0 bridgehead atoms. The van der Waals surface area contributed by atoms with E-state index < -0.39 is 5.82 Å². The summed E-state index contributed by atoms with van der Waals surface area (Å²) in [5.74, 6) is 0.147. The number of rotatable bonds is 2. The second-order valence-electron chi connectivity index (χ2n) is 4.89. The van der Waals surface area contributed by atoms with Gasteiger partial charge in [0.05, 0.1) is 5.69 Å². The molecule has 0 saturated carbocycles. The van der Waals surface area contributed by atoms with Gasteiger partial charge in [0, 0.05) is 16.9 Å². The van der Waals surface area contributed by atoms with Crippen molar-refractivity contribution in [3.05, 3.63) is 29.8 Å². The van der Waals surface area contributed by atoms with Crippen molar-refractivity contribution in [3.63, 3.8) is 0 Å². The summed E-state index contributed by atoms with van der Waals surface area (Å²) in [5, 5.41) is 0.289. The summed E-state index contributed by atoms with van der Waals surface area (Å²) >= 11 is 1.08. The third-order valence-corrected chi connectivity index (χ3v) is 2.86. The summed E-state index contributed by atoms with van der Waals surface area (Å²) in [5.41, 5.74) is 5.72. The first-order valence-corrected chi connectivity index (χ1v) is 6.21. The van der Waals surface area contributed by atoms with Crippen LogP contribution >= 0.6 is 11.5 Å². The monoisotopic (exact) mass is 267 g/mol. The molecule has 0 atom stereocenters. The summed E-state index contributed by atoms with van der Waals surface area (Å²) in [7, 11) is 0. The number of benzene rings is 1. The van der Waals surface area contributed by atoms with Gasteiger partial charge in [0.15, 0.2) is 17.4 Å². The van der Waals surface area contributed by atoms with Crippen LogP contribution in [0.5, 0.6) is 10.9 Å². The highest BCUT2D eigenvalue weighted by Gasteiger charge is 2.21. The lowest BCUT2D eigenvalue weighted by atomic mass is 9.96. The van der Waals surface area contributed by atoms with Crippen LogP contribution in [0.15, 0.2) is 18.2 Å². The van der Waals surface area contributed by atoms with E-state index in [2.05, 4.69) is 9.36 Å². The van der Waals surface area contributed by atoms with Crippen LogP contribution in [0.4, 0.5) is 10.1 Å². The first kappa shape index (κ1) is 12.8. The van der Waals surface area contributed by atoms with Crippen molar-refractivity contribution in [1.82, 2.24) is 9.36 Å². The molecule has 0 aliphatic carbocycles. The highest BCUT2D eigenvalue weighted by molar-refractivity contribution is 7.07. The van der Waals surface area contributed by atoms with Crippen molar-refractivity contribution >= 4 is 17.2 Å². The van der Waals surface area contributed by atoms with Gasteiger partial charge in [-0.1, -0.05) is 26.8 Å². The van der Waals surface area contributed by atoms with Crippen molar-refractivity contribution < 1.29 is 9.13 Å². The molecule has 1 aromatic carbocycles. The Balaban J connectivity index is 2.27. The quantitative estimate of drug-likeness (QED) is 0.848. The molecule has 4 nitrogen and oxygen atoms in total. The molecule has 0 aliphatic rings. The lowest BCUT2D eigenvalue weighted by Gasteiger charge is -2.12. The van der Waals surface area contributed by atoms with Gasteiger partial charge in [-0.05, 0) is 12.1 Å². The maximum absolute atomic E-state index is 13.5. The molecule has 18 heavy (non-hydrogen) atoms. The Morgan fingerprint density at radius 2 is 2.06 bits per heavy atom. The Bertz CT molecular complexity index is 542. The zero-order valence-electron chi connectivity index (χ0n) is 10.4. The van der Waals surface area contributed by atoms with Gasteiger partial charge >= 0.3 is 0 Å². The van der Waals surface area contributed by atoms with E-state index in [9.17, 15) is 4.39 Å². The summed E-state index contributed by atoms with van der Waals surface area (Å²) in [6, 6.07) is 4.39. The first-order chi connectivity index (χ1) is 8.38. The molecule has 0 spiro atoms. The maximum Gasteiger partial charge on any atom is 0.298 e. The molecule has 1 aromatic heterocycles. The largest absolute Gasteiger partial charge is 0.424 e. The third kappa shape index (κ3) is 2.59. The van der Waals surface area contributed by atoms with E-state index in [-0.39, 0.29) is 22.0 Å². The molecule has 0 amide bonds. The summed E-state index contributed by atoms with van der Waals surface area (Å²) in [6.07, 6.45) is 0. The van der Waals surface area contributed by atoms with Gasteiger partial charge in [-0.15, -0.1) is 0 Å². The number of para-hydroxylation sites is 1. The fourth-order valence-corrected chi connectivity index (χ4v) is 2.00. The first-order valence-electron chi connectivity index (χ1n) is 5.44. The number of nitrogens with zero attached hydrogens (tertiary/aromatic N) is 2. The molecule has 2 aromatic rings. The van der Waals surface area contributed by atoms with Crippen LogP contribution < -0.4 is 10.5 Å². The van der Waals surface area contributed by atoms with Crippen molar-refractivity contribution in [1.29, 1.82) is 0 Å². The number of hydrogen-bond acceptors (Lipinski definition) is 5. The second kappa shape index (κ2) is 4.53. The minimum absolute atomic E-state index is 0.00545. The van der Waals surface area contributed by atoms with Gasteiger partial charge in [-0.3, -0.25) is 0 Å². The van der Waals surface area contributed by atoms with Crippen molar-refractivity contribution in [2.24, 2.45) is 0 Å². The molecule has 2 N–H and O–H groups in total. The minimum Gasteiger partial charge on any atom is -0.424 e. The predicted octanol–water partition coefficient (Wildman–Crippen LogP) is 3.35. The summed E-state index contributed by atoms with van der Waals surface area (Å²) in [6.45, 7) is 5.99. The lowest BCUT2D eigenvalue weighted by Crippen LogP contribution is -2.12. The van der Waals surface area contributed by atoms with E-state index in [4.69, 9.17) is 10.5 Å². The summed E-state index contributed by atoms with van der Waals surface area (Å²) in [4.78, 5) is 4.22. The smallest absolute Gasteiger partial charge is 0.298 e. The molecule has 0 saturated heterocycles. The lowest BCUT2D eigenvalue weighted by molar-refractivity contribution is 0.436. The molecule has 0 aliphatic heterocycles. The SMILES string of the molecule is CC(C)(C)c1nsc(Oc2c(N)cccc2F)n1. The highest BCUT2D eigenvalue weighted by Crippen LogP contribution is 2.32. The van der Waals surface area contributed by atoms with Gasteiger partial charge in [0.2, 0.25) is 0 Å². The Morgan fingerprint density at radius 1 is 1.33 bits per heavy atom. The van der Waals surface area contributed by atoms with Crippen LogP contribution in [0.3, 0.4) is 0 Å². The second-order valence-corrected chi connectivity index (χ2v) is 5.61. The molecule has 96 valence electrons. The van der Waals surface area contributed by atoms with Crippen LogP contribution in [-0.4, -0.2) is 9.36 Å². The Hall–Kier alpha value is -1.69. The van der Waals surface area contributed by atoms with Gasteiger partial charge in [0.25, 0.3) is 5.19 Å². The van der Waals surface area contributed by atoms with E-state index in [1.165, 1.54) is 12.1 Å². The Kier molecular flexibility index (Phi) is 3.21. The summed E-state index contributed by atoms with van der Waals surface area (Å²) < 4.78 is 23.1. The molecule has 2 rings (SSSR count). The third-order valence-electron chi connectivity index (χ3n) is 2.27. The molecule has 1 heterocycles. The standard InChI is InChI=1S/C12H14FN3OS/c1-12(2,3)10-15-11(18-16-10)17-9-7(13)5-4-6-8(9)14/h4-6H,14H2,1-3H3. The normalized spacial score (nSPS) is 11.6. The zero-order chi connectivity index (χ0) is 13.3. The fourth-order valence-electron chi connectivity index (χ4n) is 1.28. The van der Waals surface area contributed by atoms with E-state index in [0.717, 1.165) is 11.5 Å². The minimum atomic E-state index is -0.512. The molecule has 0 radical (unpaired) electrons. The fraction of sp³-hybridized carbons (Fsp3) is 0.333. The number of nitrogen functional groups attached to an aromatic ring is 1. The Labute approximate surface area is 109 Å². The van der Waals surface area contributed by atoms with Crippen LogP contribution in [0, 0.1) is 5.82 Å². The molecular weight excluding hydrogens is 253 g/mol. The van der Waals surface area contributed by atoms with Crippen LogP contribution in [-0.2, 0) is 5.41 Å². The van der Waals surface area contributed by atoms with Crippen LogP contribution in [0.1, 0.15) is 26.6 Å². The van der Waals surface area contributed by atoms with Gasteiger partial charge in [-0.25, -0.2) is 4.39 Å². The molecular formula is C12H14FN3OS. The molecule has 0 unspecified atom stereocenters. The van der Waals surface area contributed by atoms with Crippen molar-refractivity contribution in [2.45, 2.75) is 26.2 Å². The zero-order valence-corrected chi connectivity index (χ0v) is 11.2. The number of ether oxygens (including phenoxy) is 1. The molecule has 6 heteroatoms. The number of halogens is 1. The van der Waals surface area contributed by atoms with E-state index in [0.29, 0.717) is 5.82 Å². The van der Waals surface area contributed by atoms with E-state index in [1.54, 1.807) is 6.07 Å². The Morgan fingerprint density at radius 3 is 2.61 bits per heavy atom. The average Bonchev–Trinajstić information content (AvgIpc) is 2.72. The van der Waals surface area contributed by atoms with E-state index in [1.807, 2.05) is 20.8 Å². The number of anilines is 1. The number of hydrogen-bond donors (Lipinski definition) is 1. The van der Waals surface area contributed by atoms with Gasteiger partial charge in [0.1, 0.15) is 0 Å². The number of aromatic nitrogens is 2. The number of nitrogens with two attached hydrogens (primary N) is 1. The maximum atomic E-state index is 13.5. The van der Waals surface area contributed by atoms with Crippen LogP contribution in [0.2, 0.25) is 0 Å². The van der Waals surface area contributed by atoms with Gasteiger partial charge < -0.3 is 10.5 Å². The van der Waals surface area contributed by atoms with Crippen LogP contribution in [0.25, 0.3) is 0 Å². The van der Waals surface area contributed by atoms with Gasteiger partial charge in [-0.2, -0.15) is 9.36 Å². The average molecular weight is 267 g/mol. The topological polar surface area (TPSA) is 61.0 Å².